The smallest absolute Gasteiger partial charge is 0.113 e. The predicted octanol–water partition coefficient (Wildman–Crippen LogP) is 4.12. The average Bonchev–Trinajstić information content (AvgIpc) is 3.06. The van der Waals surface area contributed by atoms with Crippen molar-refractivity contribution < 1.29 is 0 Å². The van der Waals surface area contributed by atoms with Crippen LogP contribution in [0.4, 0.5) is 0 Å². The lowest BCUT2D eigenvalue weighted by Gasteiger charge is -2.27. The molecule has 0 fully saturated rings. The number of H-pyrrole nitrogens is 1. The van der Waals surface area contributed by atoms with Crippen molar-refractivity contribution in [2.45, 2.75) is 11.8 Å². The van der Waals surface area contributed by atoms with Gasteiger partial charge in [0.25, 0.3) is 0 Å². The summed E-state index contributed by atoms with van der Waals surface area (Å²) in [6.07, 6.45) is 3.88. The summed E-state index contributed by atoms with van der Waals surface area (Å²) in [5, 5.41) is 10.7. The molecule has 3 aromatic rings. The fourth-order valence-electron chi connectivity index (χ4n) is 2.68. The Kier molecular flexibility index (Phi) is 3.95. The molecule has 4 heteroatoms. The van der Waals surface area contributed by atoms with E-state index in [-0.39, 0.29) is 0 Å². The van der Waals surface area contributed by atoms with E-state index < -0.39 is 5.41 Å². The highest BCUT2D eigenvalue weighted by Gasteiger charge is 2.35. The molecule has 0 amide bonds. The summed E-state index contributed by atoms with van der Waals surface area (Å²) in [5.74, 6) is 0. The van der Waals surface area contributed by atoms with Gasteiger partial charge in [-0.25, -0.2) is 4.98 Å². The van der Waals surface area contributed by atoms with Crippen molar-refractivity contribution in [3.05, 3.63) is 89.0 Å². The third-order valence-electron chi connectivity index (χ3n) is 3.79. The Morgan fingerprint density at radius 2 is 1.86 bits per heavy atom. The molecule has 2 aromatic carbocycles. The standard InChI is InChI=1S/C18H14ClN3/c19-16-8-4-7-15(9-16)18(12-20,10-17-11-21-13-22-17)14-5-2-1-3-6-14/h1-9,11,13H,10H2,(H,21,22). The third-order valence-corrected chi connectivity index (χ3v) is 4.02. The van der Waals surface area contributed by atoms with Gasteiger partial charge in [-0.05, 0) is 23.3 Å². The van der Waals surface area contributed by atoms with Crippen molar-refractivity contribution in [3.63, 3.8) is 0 Å². The minimum Gasteiger partial charge on any atom is -0.348 e. The molecule has 3 nitrogen and oxygen atoms in total. The van der Waals surface area contributed by atoms with Crippen LogP contribution in [0, 0.1) is 11.3 Å². The lowest BCUT2D eigenvalue weighted by atomic mass is 9.72. The Hall–Kier alpha value is -2.57. The molecule has 0 aliphatic rings. The maximum Gasteiger partial charge on any atom is 0.113 e. The van der Waals surface area contributed by atoms with Crippen molar-refractivity contribution in [1.29, 1.82) is 5.26 Å². The Morgan fingerprint density at radius 1 is 1.09 bits per heavy atom. The summed E-state index contributed by atoms with van der Waals surface area (Å²) in [6.45, 7) is 0. The van der Waals surface area contributed by atoms with Crippen molar-refractivity contribution >= 4 is 11.6 Å². The van der Waals surface area contributed by atoms with Crippen LogP contribution in [0.1, 0.15) is 16.8 Å². The maximum absolute atomic E-state index is 10.0. The van der Waals surface area contributed by atoms with E-state index >= 15 is 0 Å². The fraction of sp³-hybridized carbons (Fsp3) is 0.111. The molecule has 1 unspecified atom stereocenters. The summed E-state index contributed by atoms with van der Waals surface area (Å²) in [7, 11) is 0. The normalized spacial score (nSPS) is 13.3. The number of halogens is 1. The van der Waals surface area contributed by atoms with Crippen LogP contribution in [0.25, 0.3) is 0 Å². The van der Waals surface area contributed by atoms with Crippen LogP contribution in [0.2, 0.25) is 5.02 Å². The van der Waals surface area contributed by atoms with E-state index in [2.05, 4.69) is 16.0 Å². The van der Waals surface area contributed by atoms with Crippen molar-refractivity contribution in [2.24, 2.45) is 0 Å². The maximum atomic E-state index is 10.0. The number of nitriles is 1. The molecular weight excluding hydrogens is 294 g/mol. The first-order valence-corrected chi connectivity index (χ1v) is 7.32. The van der Waals surface area contributed by atoms with E-state index in [0.717, 1.165) is 16.8 Å². The zero-order chi connectivity index (χ0) is 15.4. The minimum atomic E-state index is -0.807. The van der Waals surface area contributed by atoms with Gasteiger partial charge in [-0.2, -0.15) is 5.26 Å². The number of hydrogen-bond acceptors (Lipinski definition) is 2. The Morgan fingerprint density at radius 3 is 2.50 bits per heavy atom. The fourth-order valence-corrected chi connectivity index (χ4v) is 2.87. The third kappa shape index (κ3) is 2.61. The highest BCUT2D eigenvalue weighted by atomic mass is 35.5. The van der Waals surface area contributed by atoms with Crippen LogP contribution in [-0.4, -0.2) is 9.97 Å². The molecule has 0 bridgehead atoms. The van der Waals surface area contributed by atoms with Gasteiger partial charge in [0, 0.05) is 23.3 Å². The van der Waals surface area contributed by atoms with Crippen molar-refractivity contribution in [3.8, 4) is 6.07 Å². The summed E-state index contributed by atoms with van der Waals surface area (Å²) in [4.78, 5) is 7.14. The molecule has 3 rings (SSSR count). The minimum absolute atomic E-state index is 0.508. The van der Waals surface area contributed by atoms with Crippen LogP contribution >= 0.6 is 11.6 Å². The van der Waals surface area contributed by atoms with E-state index in [1.807, 2.05) is 54.6 Å². The van der Waals surface area contributed by atoms with Gasteiger partial charge in [0.15, 0.2) is 0 Å². The molecule has 1 heterocycles. The molecular formula is C18H14ClN3. The van der Waals surface area contributed by atoms with Crippen molar-refractivity contribution in [2.75, 3.05) is 0 Å². The number of rotatable bonds is 4. The molecule has 0 saturated carbocycles. The van der Waals surface area contributed by atoms with E-state index in [4.69, 9.17) is 11.6 Å². The SMILES string of the molecule is N#CC(Cc1cnc[nH]1)(c1ccccc1)c1cccc(Cl)c1. The van der Waals surface area contributed by atoms with Gasteiger partial charge >= 0.3 is 0 Å². The van der Waals surface area contributed by atoms with Crippen LogP contribution < -0.4 is 0 Å². The molecule has 0 radical (unpaired) electrons. The first-order chi connectivity index (χ1) is 10.7. The number of imidazole rings is 1. The second-order valence-electron chi connectivity index (χ2n) is 5.15. The molecule has 0 spiro atoms. The molecule has 1 atom stereocenters. The number of aromatic amines is 1. The molecule has 1 N–H and O–H groups in total. The largest absolute Gasteiger partial charge is 0.348 e. The number of nitrogens with one attached hydrogen (secondary N) is 1. The van der Waals surface area contributed by atoms with Gasteiger partial charge in [-0.3, -0.25) is 0 Å². The van der Waals surface area contributed by atoms with Crippen LogP contribution in [0.5, 0.6) is 0 Å². The van der Waals surface area contributed by atoms with Crippen LogP contribution in [-0.2, 0) is 11.8 Å². The Labute approximate surface area is 134 Å². The quantitative estimate of drug-likeness (QED) is 0.788. The van der Waals surface area contributed by atoms with Crippen LogP contribution in [0.3, 0.4) is 0 Å². The Bertz CT molecular complexity index is 791. The lowest BCUT2D eigenvalue weighted by Crippen LogP contribution is -2.29. The van der Waals surface area contributed by atoms with E-state index in [1.54, 1.807) is 12.5 Å². The van der Waals surface area contributed by atoms with E-state index in [0.29, 0.717) is 11.4 Å². The highest BCUT2D eigenvalue weighted by molar-refractivity contribution is 6.30. The molecule has 108 valence electrons. The lowest BCUT2D eigenvalue weighted by molar-refractivity contribution is 0.643. The van der Waals surface area contributed by atoms with Gasteiger partial charge in [0.2, 0.25) is 0 Å². The molecule has 0 aliphatic carbocycles. The van der Waals surface area contributed by atoms with Crippen molar-refractivity contribution in [1.82, 2.24) is 9.97 Å². The van der Waals surface area contributed by atoms with Gasteiger partial charge in [0.1, 0.15) is 5.41 Å². The van der Waals surface area contributed by atoms with E-state index in [9.17, 15) is 5.26 Å². The predicted molar refractivity (Wildman–Crippen MR) is 86.6 cm³/mol. The van der Waals surface area contributed by atoms with E-state index in [1.165, 1.54) is 0 Å². The molecule has 1 aromatic heterocycles. The highest BCUT2D eigenvalue weighted by Crippen LogP contribution is 2.36. The monoisotopic (exact) mass is 307 g/mol. The van der Waals surface area contributed by atoms with Gasteiger partial charge < -0.3 is 4.98 Å². The number of hydrogen-bond donors (Lipinski definition) is 1. The Balaban J connectivity index is 2.18. The molecule has 0 saturated heterocycles. The summed E-state index contributed by atoms with van der Waals surface area (Å²) in [6, 6.07) is 19.8. The first kappa shape index (κ1) is 14.4. The molecule has 0 aliphatic heterocycles. The van der Waals surface area contributed by atoms with Gasteiger partial charge in [-0.15, -0.1) is 0 Å². The average molecular weight is 308 g/mol. The first-order valence-electron chi connectivity index (χ1n) is 6.95. The summed E-state index contributed by atoms with van der Waals surface area (Å²) >= 11 is 6.15. The van der Waals surface area contributed by atoms with Gasteiger partial charge in [0.05, 0.1) is 12.4 Å². The zero-order valence-corrected chi connectivity index (χ0v) is 12.6. The topological polar surface area (TPSA) is 52.5 Å². The summed E-state index contributed by atoms with van der Waals surface area (Å²) in [5.41, 5.74) is 1.92. The van der Waals surface area contributed by atoms with Crippen LogP contribution in [0.15, 0.2) is 67.1 Å². The zero-order valence-electron chi connectivity index (χ0n) is 11.8. The number of nitrogens with zero attached hydrogens (tertiary/aromatic N) is 2. The van der Waals surface area contributed by atoms with Gasteiger partial charge in [-0.1, -0.05) is 54.1 Å². The number of benzene rings is 2. The number of aromatic nitrogens is 2. The summed E-state index contributed by atoms with van der Waals surface area (Å²) < 4.78 is 0. The second kappa shape index (κ2) is 6.05. The molecule has 22 heavy (non-hydrogen) atoms. The second-order valence-corrected chi connectivity index (χ2v) is 5.58.